The Morgan fingerprint density at radius 3 is 2.36 bits per heavy atom. The minimum absolute atomic E-state index is 0.0853. The summed E-state index contributed by atoms with van der Waals surface area (Å²) in [5.74, 6) is -0.253. The summed E-state index contributed by atoms with van der Waals surface area (Å²) in [4.78, 5) is 0. The first kappa shape index (κ1) is 20.4. The number of hydrogen-bond donors (Lipinski definition) is 1. The molecule has 28 heavy (non-hydrogen) atoms. The van der Waals surface area contributed by atoms with E-state index in [9.17, 15) is 8.42 Å². The summed E-state index contributed by atoms with van der Waals surface area (Å²) in [6, 6.07) is 17.2. The molecule has 2 aromatic carbocycles. The number of nitrogens with one attached hydrogen (secondary N) is 1. The van der Waals surface area contributed by atoms with Crippen molar-refractivity contribution in [1.29, 1.82) is 5.41 Å². The Balaban J connectivity index is 1.98. The van der Waals surface area contributed by atoms with E-state index in [0.717, 1.165) is 21.1 Å². The highest BCUT2D eigenvalue weighted by Crippen LogP contribution is 2.30. The Morgan fingerprint density at radius 1 is 1.18 bits per heavy atom. The zero-order valence-corrected chi connectivity index (χ0v) is 17.6. The van der Waals surface area contributed by atoms with Crippen molar-refractivity contribution >= 4 is 33.3 Å². The lowest BCUT2D eigenvalue weighted by Crippen LogP contribution is -2.44. The molecule has 0 aromatic heterocycles. The predicted octanol–water partition coefficient (Wildman–Crippen LogP) is 3.75. The number of guanidine groups is 1. The molecule has 0 fully saturated rings. The second-order valence-corrected chi connectivity index (χ2v) is 9.88. The SMILES string of the molecule is CC(C)S(=O)(=O)N(C)C(=N)N1CC(c2ccccc2)C(c2ccc(Cl)cc2)=N1. The lowest BCUT2D eigenvalue weighted by atomic mass is 9.91. The smallest absolute Gasteiger partial charge is 0.239 e. The molecule has 1 aliphatic heterocycles. The second kappa shape index (κ2) is 7.93. The van der Waals surface area contributed by atoms with Gasteiger partial charge in [0.05, 0.1) is 17.5 Å². The fourth-order valence-electron chi connectivity index (χ4n) is 3.06. The van der Waals surface area contributed by atoms with Gasteiger partial charge in [-0.25, -0.2) is 17.7 Å². The maximum Gasteiger partial charge on any atom is 0.239 e. The molecule has 8 heteroatoms. The van der Waals surface area contributed by atoms with Gasteiger partial charge in [0.2, 0.25) is 16.0 Å². The number of benzene rings is 2. The zero-order valence-electron chi connectivity index (χ0n) is 16.0. The molecule has 0 amide bonds. The van der Waals surface area contributed by atoms with E-state index in [1.807, 2.05) is 42.5 Å². The van der Waals surface area contributed by atoms with Gasteiger partial charge in [-0.05, 0) is 37.1 Å². The van der Waals surface area contributed by atoms with E-state index in [-0.39, 0.29) is 11.9 Å². The molecule has 1 unspecified atom stereocenters. The van der Waals surface area contributed by atoms with E-state index in [2.05, 4.69) is 5.10 Å². The van der Waals surface area contributed by atoms with Crippen LogP contribution in [-0.4, -0.2) is 48.2 Å². The Hall–Kier alpha value is -2.38. The summed E-state index contributed by atoms with van der Waals surface area (Å²) in [6.45, 7) is 3.58. The molecular weight excluding hydrogens is 396 g/mol. The van der Waals surface area contributed by atoms with Gasteiger partial charge in [0, 0.05) is 18.0 Å². The van der Waals surface area contributed by atoms with Crippen molar-refractivity contribution in [3.63, 3.8) is 0 Å². The molecule has 148 valence electrons. The molecule has 0 bridgehead atoms. The monoisotopic (exact) mass is 418 g/mol. The molecule has 0 aliphatic carbocycles. The zero-order chi connectivity index (χ0) is 20.5. The van der Waals surface area contributed by atoms with E-state index < -0.39 is 15.3 Å². The van der Waals surface area contributed by atoms with Crippen LogP contribution in [0.4, 0.5) is 0 Å². The molecule has 0 saturated carbocycles. The fourth-order valence-corrected chi connectivity index (χ4v) is 4.16. The molecule has 6 nitrogen and oxygen atoms in total. The van der Waals surface area contributed by atoms with Gasteiger partial charge in [-0.15, -0.1) is 0 Å². The van der Waals surface area contributed by atoms with Crippen LogP contribution in [0, 0.1) is 5.41 Å². The molecular formula is C20H23ClN4O2S. The van der Waals surface area contributed by atoms with Crippen molar-refractivity contribution < 1.29 is 8.42 Å². The third kappa shape index (κ3) is 3.91. The van der Waals surface area contributed by atoms with Crippen LogP contribution in [0.15, 0.2) is 59.7 Å². The minimum atomic E-state index is -3.60. The summed E-state index contributed by atoms with van der Waals surface area (Å²) in [5, 5.41) is 14.5. The predicted molar refractivity (Wildman–Crippen MR) is 113 cm³/mol. The highest BCUT2D eigenvalue weighted by atomic mass is 35.5. The molecule has 0 saturated heterocycles. The molecule has 2 aromatic rings. The number of halogens is 1. The first-order valence-electron chi connectivity index (χ1n) is 8.95. The van der Waals surface area contributed by atoms with Gasteiger partial charge >= 0.3 is 0 Å². The number of nitrogens with zero attached hydrogens (tertiary/aromatic N) is 3. The van der Waals surface area contributed by atoms with Crippen molar-refractivity contribution in [2.45, 2.75) is 25.0 Å². The molecule has 1 aliphatic rings. The third-order valence-electron chi connectivity index (χ3n) is 4.78. The normalized spacial score (nSPS) is 17.0. The largest absolute Gasteiger partial charge is 0.267 e. The first-order valence-corrected chi connectivity index (χ1v) is 10.8. The van der Waals surface area contributed by atoms with E-state index in [4.69, 9.17) is 17.0 Å². The van der Waals surface area contributed by atoms with Crippen molar-refractivity contribution in [3.05, 3.63) is 70.7 Å². The van der Waals surface area contributed by atoms with Gasteiger partial charge in [-0.2, -0.15) is 5.10 Å². The number of hydrogen-bond acceptors (Lipinski definition) is 4. The molecule has 1 heterocycles. The van der Waals surface area contributed by atoms with Crippen LogP contribution in [0.5, 0.6) is 0 Å². The summed E-state index contributed by atoms with van der Waals surface area (Å²) in [5.41, 5.74) is 2.73. The average molecular weight is 419 g/mol. The van der Waals surface area contributed by atoms with E-state index in [0.29, 0.717) is 11.6 Å². The first-order chi connectivity index (χ1) is 13.2. The van der Waals surface area contributed by atoms with E-state index in [1.165, 1.54) is 12.1 Å². The number of rotatable bonds is 4. The van der Waals surface area contributed by atoms with Gasteiger partial charge in [-0.3, -0.25) is 5.41 Å². The summed E-state index contributed by atoms with van der Waals surface area (Å²) < 4.78 is 25.9. The van der Waals surface area contributed by atoms with Gasteiger partial charge < -0.3 is 0 Å². The average Bonchev–Trinajstić information content (AvgIpc) is 3.13. The highest BCUT2D eigenvalue weighted by Gasteiger charge is 2.35. The lowest BCUT2D eigenvalue weighted by molar-refractivity contribution is 0.419. The van der Waals surface area contributed by atoms with Crippen molar-refractivity contribution in [1.82, 2.24) is 9.31 Å². The van der Waals surface area contributed by atoms with Gasteiger partial charge in [-0.1, -0.05) is 54.1 Å². The Morgan fingerprint density at radius 2 is 1.79 bits per heavy atom. The summed E-state index contributed by atoms with van der Waals surface area (Å²) in [7, 11) is -2.21. The maximum absolute atomic E-state index is 12.5. The van der Waals surface area contributed by atoms with Crippen LogP contribution < -0.4 is 0 Å². The van der Waals surface area contributed by atoms with Gasteiger partial charge in [0.1, 0.15) is 0 Å². The lowest BCUT2D eigenvalue weighted by Gasteiger charge is -2.26. The van der Waals surface area contributed by atoms with Crippen molar-refractivity contribution in [3.8, 4) is 0 Å². The molecule has 0 spiro atoms. The Labute approximate surface area is 171 Å². The minimum Gasteiger partial charge on any atom is -0.267 e. The highest BCUT2D eigenvalue weighted by molar-refractivity contribution is 7.90. The van der Waals surface area contributed by atoms with Gasteiger partial charge in [0.25, 0.3) is 0 Å². The summed E-state index contributed by atoms with van der Waals surface area (Å²) >= 11 is 6.01. The second-order valence-electron chi connectivity index (χ2n) is 6.92. The quantitative estimate of drug-likeness (QED) is 0.606. The maximum atomic E-state index is 12.5. The Bertz CT molecular complexity index is 989. The molecule has 1 atom stereocenters. The van der Waals surface area contributed by atoms with Crippen LogP contribution in [0.2, 0.25) is 5.02 Å². The Kier molecular flexibility index (Phi) is 5.76. The molecule has 1 N–H and O–H groups in total. The molecule has 3 rings (SSSR count). The van der Waals surface area contributed by atoms with Crippen LogP contribution in [-0.2, 0) is 10.0 Å². The van der Waals surface area contributed by atoms with Crippen LogP contribution in [0.3, 0.4) is 0 Å². The summed E-state index contributed by atoms with van der Waals surface area (Å²) in [6.07, 6.45) is 0. The number of sulfonamides is 1. The van der Waals surface area contributed by atoms with Gasteiger partial charge in [0.15, 0.2) is 0 Å². The van der Waals surface area contributed by atoms with Crippen molar-refractivity contribution in [2.75, 3.05) is 13.6 Å². The van der Waals surface area contributed by atoms with Crippen LogP contribution >= 0.6 is 11.6 Å². The van der Waals surface area contributed by atoms with Crippen LogP contribution in [0.25, 0.3) is 0 Å². The third-order valence-corrected chi connectivity index (χ3v) is 7.16. The topological polar surface area (TPSA) is 76.8 Å². The molecule has 0 radical (unpaired) electrons. The van der Waals surface area contributed by atoms with E-state index >= 15 is 0 Å². The van der Waals surface area contributed by atoms with Crippen molar-refractivity contribution in [2.24, 2.45) is 5.10 Å². The number of hydrazone groups is 1. The van der Waals surface area contributed by atoms with Crippen LogP contribution in [0.1, 0.15) is 30.9 Å². The van der Waals surface area contributed by atoms with E-state index in [1.54, 1.807) is 26.0 Å². The fraction of sp³-hybridized carbons (Fsp3) is 0.300. The standard InChI is InChI=1S/C20H23ClN4O2S/c1-14(2)28(26,27)24(3)20(22)25-13-18(15-7-5-4-6-8-15)19(23-25)16-9-11-17(21)12-10-16/h4-12,14,18,22H,13H2,1-3H3.